The molecule has 5 aromatic rings. The van der Waals surface area contributed by atoms with Gasteiger partial charge in [0.05, 0.1) is 25.3 Å². The molecule has 0 unspecified atom stereocenters. The highest BCUT2D eigenvalue weighted by atomic mass is 16.5. The Kier molecular flexibility index (Phi) is 23.1. The summed E-state index contributed by atoms with van der Waals surface area (Å²) in [5.41, 5.74) is 4.01. The maximum atomic E-state index is 14.3. The molecule has 3 aromatic carbocycles. The zero-order chi connectivity index (χ0) is 51.7. The summed E-state index contributed by atoms with van der Waals surface area (Å²) in [5.74, 6) is -4.17. The van der Waals surface area contributed by atoms with Crippen molar-refractivity contribution in [2.75, 3.05) is 38.2 Å². The number of amides is 5. The van der Waals surface area contributed by atoms with Crippen molar-refractivity contribution in [2.45, 2.75) is 122 Å². The predicted octanol–water partition coefficient (Wildman–Crippen LogP) is 7.18. The fourth-order valence-corrected chi connectivity index (χ4v) is 8.25. The van der Waals surface area contributed by atoms with Gasteiger partial charge in [0.25, 0.3) is 5.91 Å². The highest BCUT2D eigenvalue weighted by molar-refractivity contribution is 6.01. The second-order valence-corrected chi connectivity index (χ2v) is 18.4. The number of benzene rings is 3. The van der Waals surface area contributed by atoms with E-state index in [0.717, 1.165) is 84.3 Å². The molecule has 9 N–H and O–H groups in total. The monoisotopic (exact) mass is 994 g/mol. The summed E-state index contributed by atoms with van der Waals surface area (Å²) in [7, 11) is 0. The first-order valence-electron chi connectivity index (χ1n) is 25.1. The summed E-state index contributed by atoms with van der Waals surface area (Å²) in [6.45, 7) is 5.76. The highest BCUT2D eigenvalue weighted by Crippen LogP contribution is 2.28. The maximum absolute atomic E-state index is 14.3. The molecule has 0 fully saturated rings. The number of para-hydroxylation sites is 2. The number of ether oxygens (including phenoxy) is 2. The number of hydrogen-bond donors (Lipinski definition) is 9. The zero-order valence-electron chi connectivity index (χ0n) is 41.4. The van der Waals surface area contributed by atoms with Crippen LogP contribution in [0.1, 0.15) is 119 Å². The van der Waals surface area contributed by atoms with E-state index in [1.54, 1.807) is 6.20 Å². The van der Waals surface area contributed by atoms with Gasteiger partial charge in [-0.05, 0) is 66.6 Å². The van der Waals surface area contributed by atoms with Crippen molar-refractivity contribution in [3.8, 4) is 5.75 Å². The number of H-pyrrole nitrogens is 2. The summed E-state index contributed by atoms with van der Waals surface area (Å²) in [6.07, 6.45) is 12.2. The lowest BCUT2D eigenvalue weighted by Gasteiger charge is -2.21. The molecule has 5 rings (SSSR count). The standard InChI is InChI=1S/C54H71N7O11/c1-36(2)31-46(54(69)70)61-52(67)37-19-20-44(47(33-37)72-29-25-38-34-57-42-17-11-9-15-40(38)42)60-53(68)45(32-39-35-58-43-18-12-10-16-41(39)43)59-50(64)22-21-48(62)55-26-13-7-5-3-4-6-8-14-28-71-30-27-56-49(63)23-24-51(65)66/h9-12,15-20,33-36,45-46,57-58H,3-8,13-14,21-32H2,1-2H3,(H,55,62)(H,56,63)(H,59,64)(H,60,68)(H,61,67)(H,65,66)(H,69,70)/t45-,46-/m0/s1. The van der Waals surface area contributed by atoms with Gasteiger partial charge in [0.1, 0.15) is 17.8 Å². The number of carboxylic acid groups (broad SMARTS) is 2. The molecule has 0 aliphatic carbocycles. The van der Waals surface area contributed by atoms with E-state index in [1.165, 1.54) is 18.2 Å². The Morgan fingerprint density at radius 3 is 1.88 bits per heavy atom. The molecule has 0 saturated heterocycles. The minimum atomic E-state index is -1.15. The molecular weight excluding hydrogens is 923 g/mol. The smallest absolute Gasteiger partial charge is 0.326 e. The van der Waals surface area contributed by atoms with Gasteiger partial charge in [0.2, 0.25) is 23.6 Å². The van der Waals surface area contributed by atoms with Crippen molar-refractivity contribution < 1.29 is 53.2 Å². The third kappa shape index (κ3) is 19.2. The Labute approximate surface area is 420 Å². The molecule has 2 heterocycles. The number of aromatic amines is 2. The molecule has 388 valence electrons. The average Bonchev–Trinajstić information content (AvgIpc) is 3.97. The molecule has 5 amide bonds. The molecule has 0 saturated carbocycles. The zero-order valence-corrected chi connectivity index (χ0v) is 41.4. The normalized spacial score (nSPS) is 12.0. The van der Waals surface area contributed by atoms with Gasteiger partial charge >= 0.3 is 11.9 Å². The first-order valence-corrected chi connectivity index (χ1v) is 25.1. The Morgan fingerprint density at radius 2 is 1.21 bits per heavy atom. The molecule has 0 spiro atoms. The van der Waals surface area contributed by atoms with Crippen LogP contribution < -0.4 is 31.3 Å². The summed E-state index contributed by atoms with van der Waals surface area (Å²) in [6, 6.07) is 17.8. The van der Waals surface area contributed by atoms with Crippen molar-refractivity contribution in [3.05, 3.63) is 95.8 Å². The van der Waals surface area contributed by atoms with Gasteiger partial charge in [-0.25, -0.2) is 4.79 Å². The van der Waals surface area contributed by atoms with Crippen LogP contribution in [-0.4, -0.2) is 107 Å². The largest absolute Gasteiger partial charge is 0.491 e. The van der Waals surface area contributed by atoms with E-state index in [2.05, 4.69) is 36.6 Å². The number of aliphatic carboxylic acids is 2. The first kappa shape index (κ1) is 55.7. The molecule has 2 aromatic heterocycles. The molecule has 0 aliphatic rings. The third-order valence-electron chi connectivity index (χ3n) is 12.1. The van der Waals surface area contributed by atoms with Crippen molar-refractivity contribution in [2.24, 2.45) is 5.92 Å². The molecule has 2 atom stereocenters. The van der Waals surface area contributed by atoms with Gasteiger partial charge in [-0.2, -0.15) is 0 Å². The topological polar surface area (TPSA) is 270 Å². The number of unbranched alkanes of at least 4 members (excludes halogenated alkanes) is 7. The molecular formula is C54H71N7O11. The number of carboxylic acids is 2. The number of fused-ring (bicyclic) bond motifs is 2. The molecule has 72 heavy (non-hydrogen) atoms. The second kappa shape index (κ2) is 29.8. The summed E-state index contributed by atoms with van der Waals surface area (Å²) >= 11 is 0. The SMILES string of the molecule is CC(C)C[C@H](NC(=O)c1ccc(NC(=O)[C@H](Cc2c[nH]c3ccccc23)NC(=O)CCC(=O)NCCCCCCCCCCOCCNC(=O)CCC(=O)O)c(OCCc2c[nH]c3ccccc23)c1)C(=O)O. The fourth-order valence-electron chi connectivity index (χ4n) is 8.25. The van der Waals surface area contributed by atoms with Crippen molar-refractivity contribution in [1.29, 1.82) is 0 Å². The van der Waals surface area contributed by atoms with Crippen LogP contribution in [0.5, 0.6) is 5.75 Å². The van der Waals surface area contributed by atoms with Crippen molar-refractivity contribution in [1.82, 2.24) is 31.2 Å². The second-order valence-electron chi connectivity index (χ2n) is 18.4. The van der Waals surface area contributed by atoms with Crippen LogP contribution in [0, 0.1) is 5.92 Å². The van der Waals surface area contributed by atoms with E-state index < -0.39 is 41.7 Å². The average molecular weight is 994 g/mol. The lowest BCUT2D eigenvalue weighted by Crippen LogP contribution is -2.45. The Balaban J connectivity index is 1.11. The van der Waals surface area contributed by atoms with Gasteiger partial charge in [0, 0.05) is 91.6 Å². The minimum Gasteiger partial charge on any atom is -0.491 e. The van der Waals surface area contributed by atoms with Crippen LogP contribution in [0.25, 0.3) is 21.8 Å². The van der Waals surface area contributed by atoms with Gasteiger partial charge in [-0.1, -0.05) is 88.8 Å². The number of carbonyl (C=O) groups is 7. The van der Waals surface area contributed by atoms with E-state index in [9.17, 15) is 38.7 Å². The number of nitrogens with one attached hydrogen (secondary N) is 7. The quantitative estimate of drug-likeness (QED) is 0.0186. The van der Waals surface area contributed by atoms with Gasteiger partial charge < -0.3 is 56.2 Å². The Bertz CT molecular complexity index is 2570. The van der Waals surface area contributed by atoms with Crippen LogP contribution in [0.4, 0.5) is 5.69 Å². The summed E-state index contributed by atoms with van der Waals surface area (Å²) < 4.78 is 11.8. The number of rotatable bonds is 34. The fraction of sp³-hybridized carbons (Fsp3) is 0.463. The van der Waals surface area contributed by atoms with Crippen molar-refractivity contribution >= 4 is 69.0 Å². The lowest BCUT2D eigenvalue weighted by atomic mass is 10.0. The third-order valence-corrected chi connectivity index (χ3v) is 12.1. The van der Waals surface area contributed by atoms with Crippen LogP contribution in [0.2, 0.25) is 0 Å². The summed E-state index contributed by atoms with van der Waals surface area (Å²) in [5, 5.41) is 34.3. The highest BCUT2D eigenvalue weighted by Gasteiger charge is 2.26. The van der Waals surface area contributed by atoms with E-state index in [1.807, 2.05) is 68.6 Å². The lowest BCUT2D eigenvalue weighted by molar-refractivity contribution is -0.140. The van der Waals surface area contributed by atoms with Gasteiger partial charge in [-0.3, -0.25) is 28.8 Å². The van der Waals surface area contributed by atoms with E-state index >= 15 is 0 Å². The molecule has 0 bridgehead atoms. The number of aromatic nitrogens is 2. The number of anilines is 1. The molecule has 0 radical (unpaired) electrons. The van der Waals surface area contributed by atoms with Crippen LogP contribution in [0.15, 0.2) is 79.1 Å². The van der Waals surface area contributed by atoms with E-state index in [4.69, 9.17) is 14.6 Å². The van der Waals surface area contributed by atoms with Crippen LogP contribution >= 0.6 is 0 Å². The maximum Gasteiger partial charge on any atom is 0.326 e. The van der Waals surface area contributed by atoms with E-state index in [0.29, 0.717) is 32.7 Å². The van der Waals surface area contributed by atoms with Gasteiger partial charge in [0.15, 0.2) is 0 Å². The predicted molar refractivity (Wildman–Crippen MR) is 275 cm³/mol. The van der Waals surface area contributed by atoms with Crippen LogP contribution in [0.3, 0.4) is 0 Å². The summed E-state index contributed by atoms with van der Waals surface area (Å²) in [4.78, 5) is 94.5. The molecule has 0 aliphatic heterocycles. The van der Waals surface area contributed by atoms with Gasteiger partial charge in [-0.15, -0.1) is 0 Å². The Hall–Kier alpha value is -7.21. The number of carbonyl (C=O) groups excluding carboxylic acids is 5. The molecule has 18 heteroatoms. The number of hydrogen-bond acceptors (Lipinski definition) is 9. The minimum absolute atomic E-state index is 0.0127. The Morgan fingerprint density at radius 1 is 0.611 bits per heavy atom. The van der Waals surface area contributed by atoms with E-state index in [-0.39, 0.29) is 79.9 Å². The molecule has 18 nitrogen and oxygen atoms in total. The van der Waals surface area contributed by atoms with Crippen molar-refractivity contribution in [3.63, 3.8) is 0 Å². The first-order chi connectivity index (χ1) is 34.8. The van der Waals surface area contributed by atoms with Crippen LogP contribution in [-0.2, 0) is 46.3 Å².